The largest absolute Gasteiger partial charge is 0.496 e. The van der Waals surface area contributed by atoms with Crippen LogP contribution >= 0.6 is 22.9 Å². The standard InChI is InChI=1S/C14H16ClNOS/c1-8-6-11(9(2)18-8)14(16)12-7-10(15)4-5-13(12)17-3/h4-7,14H,16H2,1-3H3. The molecule has 18 heavy (non-hydrogen) atoms. The van der Waals surface area contributed by atoms with Gasteiger partial charge in [0, 0.05) is 20.3 Å². The molecule has 2 rings (SSSR count). The van der Waals surface area contributed by atoms with E-state index in [0.717, 1.165) is 16.9 Å². The average molecular weight is 282 g/mol. The summed E-state index contributed by atoms with van der Waals surface area (Å²) in [5, 5.41) is 0.672. The van der Waals surface area contributed by atoms with Crippen molar-refractivity contribution in [3.63, 3.8) is 0 Å². The average Bonchev–Trinajstić information content (AvgIpc) is 2.67. The lowest BCUT2D eigenvalue weighted by atomic mass is 9.99. The summed E-state index contributed by atoms with van der Waals surface area (Å²) in [5.41, 5.74) is 8.40. The summed E-state index contributed by atoms with van der Waals surface area (Å²) in [4.78, 5) is 2.50. The zero-order chi connectivity index (χ0) is 13.3. The maximum absolute atomic E-state index is 6.34. The van der Waals surface area contributed by atoms with Gasteiger partial charge >= 0.3 is 0 Å². The van der Waals surface area contributed by atoms with Gasteiger partial charge in [0.2, 0.25) is 0 Å². The molecule has 1 unspecified atom stereocenters. The molecule has 0 aliphatic rings. The van der Waals surface area contributed by atoms with Gasteiger partial charge in [0.1, 0.15) is 5.75 Å². The quantitative estimate of drug-likeness (QED) is 0.920. The molecule has 0 spiro atoms. The molecule has 1 atom stereocenters. The Hall–Kier alpha value is -1.03. The predicted octanol–water partition coefficient (Wildman–Crippen LogP) is 4.08. The van der Waals surface area contributed by atoms with Gasteiger partial charge in [0.15, 0.2) is 0 Å². The smallest absolute Gasteiger partial charge is 0.124 e. The van der Waals surface area contributed by atoms with Gasteiger partial charge in [-0.25, -0.2) is 0 Å². The van der Waals surface area contributed by atoms with E-state index in [0.29, 0.717) is 5.02 Å². The van der Waals surface area contributed by atoms with E-state index in [1.54, 1.807) is 18.4 Å². The van der Waals surface area contributed by atoms with Crippen LogP contribution < -0.4 is 10.5 Å². The number of hydrogen-bond acceptors (Lipinski definition) is 3. The first kappa shape index (κ1) is 13.4. The number of halogens is 1. The molecule has 96 valence electrons. The first-order chi connectivity index (χ1) is 8.52. The third kappa shape index (κ3) is 2.53. The summed E-state index contributed by atoms with van der Waals surface area (Å²) in [6.45, 7) is 4.17. The second-order valence-electron chi connectivity index (χ2n) is 4.23. The molecule has 2 aromatic rings. The highest BCUT2D eigenvalue weighted by Gasteiger charge is 2.18. The van der Waals surface area contributed by atoms with E-state index >= 15 is 0 Å². The van der Waals surface area contributed by atoms with Gasteiger partial charge in [-0.15, -0.1) is 11.3 Å². The van der Waals surface area contributed by atoms with Crippen LogP contribution in [0.3, 0.4) is 0 Å². The Kier molecular flexibility index (Phi) is 3.95. The summed E-state index contributed by atoms with van der Waals surface area (Å²) >= 11 is 7.80. The second-order valence-corrected chi connectivity index (χ2v) is 6.13. The molecular weight excluding hydrogens is 266 g/mol. The van der Waals surface area contributed by atoms with Crippen LogP contribution in [0.25, 0.3) is 0 Å². The van der Waals surface area contributed by atoms with E-state index in [4.69, 9.17) is 22.1 Å². The number of hydrogen-bond donors (Lipinski definition) is 1. The van der Waals surface area contributed by atoms with Crippen molar-refractivity contribution in [3.8, 4) is 5.75 Å². The molecule has 4 heteroatoms. The highest BCUT2D eigenvalue weighted by molar-refractivity contribution is 7.12. The van der Waals surface area contributed by atoms with Crippen LogP contribution in [0.15, 0.2) is 24.3 Å². The van der Waals surface area contributed by atoms with Gasteiger partial charge in [-0.1, -0.05) is 11.6 Å². The predicted molar refractivity (Wildman–Crippen MR) is 77.8 cm³/mol. The Bertz CT molecular complexity index is 565. The van der Waals surface area contributed by atoms with Gasteiger partial charge in [-0.3, -0.25) is 0 Å². The van der Waals surface area contributed by atoms with Gasteiger partial charge in [-0.05, 0) is 43.7 Å². The van der Waals surface area contributed by atoms with Crippen LogP contribution in [0.5, 0.6) is 5.75 Å². The second kappa shape index (κ2) is 5.31. The Morgan fingerprint density at radius 1 is 1.22 bits per heavy atom. The van der Waals surface area contributed by atoms with E-state index in [-0.39, 0.29) is 6.04 Å². The van der Waals surface area contributed by atoms with Crippen molar-refractivity contribution in [1.82, 2.24) is 0 Å². The SMILES string of the molecule is COc1ccc(Cl)cc1C(N)c1cc(C)sc1C. The van der Waals surface area contributed by atoms with Crippen molar-refractivity contribution in [3.05, 3.63) is 50.2 Å². The van der Waals surface area contributed by atoms with Crippen LogP contribution in [0.2, 0.25) is 5.02 Å². The van der Waals surface area contributed by atoms with Crippen LogP contribution in [0.1, 0.15) is 26.9 Å². The lowest BCUT2D eigenvalue weighted by molar-refractivity contribution is 0.408. The lowest BCUT2D eigenvalue weighted by Crippen LogP contribution is -2.13. The van der Waals surface area contributed by atoms with E-state index < -0.39 is 0 Å². The van der Waals surface area contributed by atoms with E-state index in [9.17, 15) is 0 Å². The minimum atomic E-state index is -0.205. The van der Waals surface area contributed by atoms with E-state index in [1.165, 1.54) is 9.75 Å². The third-order valence-corrected chi connectivity index (χ3v) is 4.16. The van der Waals surface area contributed by atoms with Crippen molar-refractivity contribution in [2.24, 2.45) is 5.73 Å². The fourth-order valence-corrected chi connectivity index (χ4v) is 3.23. The molecule has 2 nitrogen and oxygen atoms in total. The van der Waals surface area contributed by atoms with Crippen LogP contribution in [-0.2, 0) is 0 Å². The highest BCUT2D eigenvalue weighted by Crippen LogP contribution is 2.34. The Labute approximate surface area is 116 Å². The first-order valence-corrected chi connectivity index (χ1v) is 6.88. The van der Waals surface area contributed by atoms with Gasteiger partial charge in [0.05, 0.1) is 13.2 Å². The van der Waals surface area contributed by atoms with Gasteiger partial charge < -0.3 is 10.5 Å². The fraction of sp³-hybridized carbons (Fsp3) is 0.286. The van der Waals surface area contributed by atoms with Crippen molar-refractivity contribution in [1.29, 1.82) is 0 Å². The Balaban J connectivity index is 2.48. The van der Waals surface area contributed by atoms with Crippen molar-refractivity contribution >= 4 is 22.9 Å². The zero-order valence-corrected chi connectivity index (χ0v) is 12.2. The normalized spacial score (nSPS) is 12.5. The molecule has 0 saturated carbocycles. The monoisotopic (exact) mass is 281 g/mol. The van der Waals surface area contributed by atoms with Crippen LogP contribution in [-0.4, -0.2) is 7.11 Å². The van der Waals surface area contributed by atoms with Crippen molar-refractivity contribution < 1.29 is 4.74 Å². The molecule has 0 radical (unpaired) electrons. The maximum atomic E-state index is 6.34. The molecule has 0 bridgehead atoms. The molecular formula is C14H16ClNOS. The number of methoxy groups -OCH3 is 1. The summed E-state index contributed by atoms with van der Waals surface area (Å²) in [6, 6.07) is 7.46. The molecule has 1 heterocycles. The van der Waals surface area contributed by atoms with Crippen LogP contribution in [0, 0.1) is 13.8 Å². The van der Waals surface area contributed by atoms with Crippen molar-refractivity contribution in [2.45, 2.75) is 19.9 Å². The number of benzene rings is 1. The van der Waals surface area contributed by atoms with E-state index in [2.05, 4.69) is 19.9 Å². The maximum Gasteiger partial charge on any atom is 0.124 e. The molecule has 0 fully saturated rings. The summed E-state index contributed by atoms with van der Waals surface area (Å²) < 4.78 is 5.35. The van der Waals surface area contributed by atoms with E-state index in [1.807, 2.05) is 18.2 Å². The molecule has 1 aromatic carbocycles. The number of aryl methyl sites for hydroxylation is 2. The summed E-state index contributed by atoms with van der Waals surface area (Å²) in [6.07, 6.45) is 0. The molecule has 0 aliphatic heterocycles. The lowest BCUT2D eigenvalue weighted by Gasteiger charge is -2.16. The molecule has 2 N–H and O–H groups in total. The minimum Gasteiger partial charge on any atom is -0.496 e. The number of ether oxygens (including phenoxy) is 1. The van der Waals surface area contributed by atoms with Gasteiger partial charge in [-0.2, -0.15) is 0 Å². The Morgan fingerprint density at radius 3 is 2.50 bits per heavy atom. The van der Waals surface area contributed by atoms with Gasteiger partial charge in [0.25, 0.3) is 0 Å². The zero-order valence-electron chi connectivity index (χ0n) is 10.7. The topological polar surface area (TPSA) is 35.2 Å². The molecule has 1 aromatic heterocycles. The first-order valence-electron chi connectivity index (χ1n) is 5.69. The minimum absolute atomic E-state index is 0.205. The summed E-state index contributed by atoms with van der Waals surface area (Å²) in [5.74, 6) is 0.773. The highest BCUT2D eigenvalue weighted by atomic mass is 35.5. The molecule has 0 aliphatic carbocycles. The molecule has 0 amide bonds. The Morgan fingerprint density at radius 2 is 1.94 bits per heavy atom. The number of rotatable bonds is 3. The summed E-state index contributed by atoms with van der Waals surface area (Å²) in [7, 11) is 1.64. The van der Waals surface area contributed by atoms with Crippen LogP contribution in [0.4, 0.5) is 0 Å². The third-order valence-electron chi connectivity index (χ3n) is 2.94. The number of thiophene rings is 1. The fourth-order valence-electron chi connectivity index (χ4n) is 2.08. The molecule has 0 saturated heterocycles. The van der Waals surface area contributed by atoms with Crippen molar-refractivity contribution in [2.75, 3.05) is 7.11 Å². The number of nitrogens with two attached hydrogens (primary N) is 1.